The number of hydrogen-bond donors (Lipinski definition) is 2. The fourth-order valence-electron chi connectivity index (χ4n) is 3.73. The molecule has 0 amide bonds. The highest BCUT2D eigenvalue weighted by atomic mass is 32.2. The molecule has 0 saturated heterocycles. The molecule has 0 spiro atoms. The maximum Gasteiger partial charge on any atom is 0.212 e. The molecule has 0 aliphatic heterocycles. The van der Waals surface area contributed by atoms with Crippen LogP contribution in [0.1, 0.15) is 12.5 Å². The van der Waals surface area contributed by atoms with Crippen LogP contribution >= 0.6 is 0 Å². The van der Waals surface area contributed by atoms with Crippen molar-refractivity contribution in [2.24, 2.45) is 5.10 Å². The van der Waals surface area contributed by atoms with Gasteiger partial charge in [-0.3, -0.25) is 0 Å². The number of para-hydroxylation sites is 2. The molecule has 176 valence electrons. The van der Waals surface area contributed by atoms with E-state index in [2.05, 4.69) is 15.1 Å². The summed E-state index contributed by atoms with van der Waals surface area (Å²) in [4.78, 5) is 9.13. The van der Waals surface area contributed by atoms with Crippen molar-refractivity contribution in [2.45, 2.75) is 16.7 Å². The SMILES string of the molecule is CCOc1cc(/C=N\n2c(N)c(S(=O)(=O)c3ccccc3)c3nc4ccccc4nc32)ccc1O. The van der Waals surface area contributed by atoms with Crippen molar-refractivity contribution >= 4 is 44.1 Å². The number of aromatic hydroxyl groups is 1. The molecule has 0 fully saturated rings. The van der Waals surface area contributed by atoms with Crippen LogP contribution < -0.4 is 10.5 Å². The van der Waals surface area contributed by atoms with Crippen molar-refractivity contribution in [3.63, 3.8) is 0 Å². The Kier molecular flexibility index (Phi) is 5.58. The third kappa shape index (κ3) is 3.93. The summed E-state index contributed by atoms with van der Waals surface area (Å²) in [5.41, 5.74) is 8.43. The summed E-state index contributed by atoms with van der Waals surface area (Å²) >= 11 is 0. The average molecular weight is 488 g/mol. The lowest BCUT2D eigenvalue weighted by Crippen LogP contribution is -2.06. The fraction of sp³-hybridized carbons (Fsp3) is 0.0800. The molecule has 0 radical (unpaired) electrons. The van der Waals surface area contributed by atoms with Crippen molar-refractivity contribution < 1.29 is 18.3 Å². The molecule has 0 saturated carbocycles. The van der Waals surface area contributed by atoms with Crippen LogP contribution in [0.25, 0.3) is 22.2 Å². The summed E-state index contributed by atoms with van der Waals surface area (Å²) in [5.74, 6) is 0.197. The number of fused-ring (bicyclic) bond motifs is 2. The number of nitrogen functional groups attached to an aromatic ring is 1. The first-order valence-electron chi connectivity index (χ1n) is 10.8. The van der Waals surface area contributed by atoms with Gasteiger partial charge in [0.15, 0.2) is 17.1 Å². The number of nitrogens with two attached hydrogens (primary N) is 1. The Labute approximate surface area is 201 Å². The monoisotopic (exact) mass is 487 g/mol. The second-order valence-electron chi connectivity index (χ2n) is 7.63. The summed E-state index contributed by atoms with van der Waals surface area (Å²) in [7, 11) is -4.02. The molecule has 0 atom stereocenters. The largest absolute Gasteiger partial charge is 0.504 e. The number of phenols is 1. The summed E-state index contributed by atoms with van der Waals surface area (Å²) in [6, 6.07) is 19.9. The zero-order chi connectivity index (χ0) is 24.6. The van der Waals surface area contributed by atoms with Crippen LogP contribution in [-0.4, -0.2) is 41.0 Å². The number of hydrogen-bond acceptors (Lipinski definition) is 8. The lowest BCUT2D eigenvalue weighted by atomic mass is 10.2. The molecule has 3 aromatic carbocycles. The van der Waals surface area contributed by atoms with Gasteiger partial charge in [0.1, 0.15) is 16.2 Å². The molecule has 5 aromatic rings. The molecule has 5 rings (SSSR count). The number of nitrogens with zero attached hydrogens (tertiary/aromatic N) is 4. The molecular weight excluding hydrogens is 466 g/mol. The standard InChI is InChI=1S/C25H21N5O4S/c1-2-34-21-14-16(12-13-20(21)31)15-27-30-24(26)23(35(32,33)17-8-4-3-5-9-17)22-25(30)29-19-11-7-6-10-18(19)28-22/h3-15,31H,2,26H2,1H3/b27-15-. The van der Waals surface area contributed by atoms with Crippen LogP contribution in [-0.2, 0) is 9.84 Å². The first-order valence-corrected chi connectivity index (χ1v) is 12.3. The van der Waals surface area contributed by atoms with Crippen LogP contribution in [0.5, 0.6) is 11.5 Å². The van der Waals surface area contributed by atoms with Crippen LogP contribution in [0, 0.1) is 0 Å². The van der Waals surface area contributed by atoms with Crippen LogP contribution in [0.4, 0.5) is 5.82 Å². The van der Waals surface area contributed by atoms with Gasteiger partial charge in [0.05, 0.1) is 28.8 Å². The summed E-state index contributed by atoms with van der Waals surface area (Å²) in [6.45, 7) is 2.19. The molecule has 9 nitrogen and oxygen atoms in total. The number of benzene rings is 3. The van der Waals surface area contributed by atoms with E-state index in [4.69, 9.17) is 10.5 Å². The highest BCUT2D eigenvalue weighted by Crippen LogP contribution is 2.35. The molecule has 0 unspecified atom stereocenters. The van der Waals surface area contributed by atoms with E-state index >= 15 is 0 Å². The topological polar surface area (TPSA) is 133 Å². The minimum atomic E-state index is -4.02. The van der Waals surface area contributed by atoms with E-state index in [0.717, 1.165) is 0 Å². The van der Waals surface area contributed by atoms with E-state index in [0.29, 0.717) is 29.0 Å². The van der Waals surface area contributed by atoms with Crippen molar-refractivity contribution in [3.8, 4) is 11.5 Å². The van der Waals surface area contributed by atoms with Gasteiger partial charge in [-0.2, -0.15) is 9.78 Å². The number of rotatable bonds is 6. The van der Waals surface area contributed by atoms with Gasteiger partial charge in [0, 0.05) is 0 Å². The predicted octanol–water partition coefficient (Wildman–Crippen LogP) is 3.99. The van der Waals surface area contributed by atoms with Crippen LogP contribution in [0.2, 0.25) is 0 Å². The molecule has 10 heteroatoms. The quantitative estimate of drug-likeness (QED) is 0.346. The smallest absolute Gasteiger partial charge is 0.212 e. The molecule has 3 N–H and O–H groups in total. The zero-order valence-corrected chi connectivity index (χ0v) is 19.5. The first-order chi connectivity index (χ1) is 16.9. The summed E-state index contributed by atoms with van der Waals surface area (Å²) in [5, 5.41) is 14.4. The Morgan fingerprint density at radius 2 is 1.71 bits per heavy atom. The van der Waals surface area contributed by atoms with E-state index < -0.39 is 9.84 Å². The number of ether oxygens (including phenoxy) is 1. The maximum absolute atomic E-state index is 13.6. The Balaban J connectivity index is 1.74. The first kappa shape index (κ1) is 22.4. The van der Waals surface area contributed by atoms with Gasteiger partial charge < -0.3 is 15.6 Å². The third-order valence-electron chi connectivity index (χ3n) is 5.36. The lowest BCUT2D eigenvalue weighted by Gasteiger charge is -2.06. The van der Waals surface area contributed by atoms with Crippen molar-refractivity contribution in [1.29, 1.82) is 0 Å². The van der Waals surface area contributed by atoms with E-state index in [-0.39, 0.29) is 32.5 Å². The number of phenolic OH excluding ortho intramolecular Hbond substituents is 1. The van der Waals surface area contributed by atoms with Crippen molar-refractivity contribution in [2.75, 3.05) is 12.3 Å². The van der Waals surface area contributed by atoms with Gasteiger partial charge in [-0.15, -0.1) is 0 Å². The third-order valence-corrected chi connectivity index (χ3v) is 7.19. The fourth-order valence-corrected chi connectivity index (χ4v) is 5.23. The van der Waals surface area contributed by atoms with E-state index in [1.807, 2.05) is 13.0 Å². The van der Waals surface area contributed by atoms with E-state index in [9.17, 15) is 13.5 Å². The second kappa shape index (κ2) is 8.73. The Hall–Kier alpha value is -4.44. The number of sulfone groups is 1. The van der Waals surface area contributed by atoms with Crippen molar-refractivity contribution in [3.05, 3.63) is 78.4 Å². The van der Waals surface area contributed by atoms with Gasteiger partial charge in [-0.05, 0) is 55.0 Å². The van der Waals surface area contributed by atoms with Crippen molar-refractivity contribution in [1.82, 2.24) is 14.6 Å². The molecule has 2 aromatic heterocycles. The van der Waals surface area contributed by atoms with Crippen LogP contribution in [0.15, 0.2) is 87.7 Å². The highest BCUT2D eigenvalue weighted by molar-refractivity contribution is 7.92. The zero-order valence-electron chi connectivity index (χ0n) is 18.7. The molecular formula is C25H21N5O4S. The molecule has 2 heterocycles. The summed E-state index contributed by atoms with van der Waals surface area (Å²) < 4.78 is 33.9. The minimum Gasteiger partial charge on any atom is -0.504 e. The number of aromatic nitrogens is 3. The van der Waals surface area contributed by atoms with Gasteiger partial charge in [-0.1, -0.05) is 30.3 Å². The Morgan fingerprint density at radius 1 is 1.03 bits per heavy atom. The van der Waals surface area contributed by atoms with Gasteiger partial charge in [0.25, 0.3) is 0 Å². The molecule has 35 heavy (non-hydrogen) atoms. The second-order valence-corrected chi connectivity index (χ2v) is 9.52. The van der Waals surface area contributed by atoms with Gasteiger partial charge >= 0.3 is 0 Å². The van der Waals surface area contributed by atoms with Gasteiger partial charge in [0.2, 0.25) is 9.84 Å². The summed E-state index contributed by atoms with van der Waals surface area (Å²) in [6.07, 6.45) is 1.48. The predicted molar refractivity (Wildman–Crippen MR) is 134 cm³/mol. The normalized spacial score (nSPS) is 12.0. The van der Waals surface area contributed by atoms with Gasteiger partial charge in [-0.25, -0.2) is 18.4 Å². The Morgan fingerprint density at radius 3 is 2.43 bits per heavy atom. The van der Waals surface area contributed by atoms with E-state index in [1.54, 1.807) is 48.5 Å². The minimum absolute atomic E-state index is 0.00325. The highest BCUT2D eigenvalue weighted by Gasteiger charge is 2.30. The molecule has 0 aliphatic rings. The molecule has 0 bridgehead atoms. The molecule has 0 aliphatic carbocycles. The lowest BCUT2D eigenvalue weighted by molar-refractivity contribution is 0.318. The van der Waals surface area contributed by atoms with Crippen LogP contribution in [0.3, 0.4) is 0 Å². The average Bonchev–Trinajstić information content (AvgIpc) is 3.14. The number of anilines is 1. The van der Waals surface area contributed by atoms with E-state index in [1.165, 1.54) is 29.1 Å². The maximum atomic E-state index is 13.6. The Bertz CT molecular complexity index is 1700.